The van der Waals surface area contributed by atoms with Gasteiger partial charge in [-0.2, -0.15) is 13.2 Å². The largest absolute Gasteiger partial charge is 0.492 e. The summed E-state index contributed by atoms with van der Waals surface area (Å²) in [7, 11) is 0. The summed E-state index contributed by atoms with van der Waals surface area (Å²) in [6.45, 7) is 5.78. The number of benzene rings is 1. The van der Waals surface area contributed by atoms with Gasteiger partial charge in [-0.3, -0.25) is 4.90 Å². The second kappa shape index (κ2) is 9.22. The zero-order valence-corrected chi connectivity index (χ0v) is 18.1. The Kier molecular flexibility index (Phi) is 7.07. The number of halogens is 4. The zero-order chi connectivity index (χ0) is 21.9. The van der Waals surface area contributed by atoms with Gasteiger partial charge in [0.05, 0.1) is 11.6 Å². The fourth-order valence-electron chi connectivity index (χ4n) is 4.34. The molecule has 1 unspecified atom stereocenters. The van der Waals surface area contributed by atoms with Crippen molar-refractivity contribution in [3.63, 3.8) is 0 Å². The zero-order valence-electron chi connectivity index (χ0n) is 17.3. The van der Waals surface area contributed by atoms with E-state index >= 15 is 0 Å². The lowest BCUT2D eigenvalue weighted by molar-refractivity contribution is -0.200. The molecule has 1 atom stereocenters. The number of carbonyl (C=O) groups is 1. The Morgan fingerprint density at radius 3 is 2.57 bits per heavy atom. The van der Waals surface area contributed by atoms with Crippen LogP contribution in [0.4, 0.5) is 18.0 Å². The van der Waals surface area contributed by atoms with Gasteiger partial charge in [0.1, 0.15) is 5.75 Å². The number of amides is 1. The molecule has 1 aromatic rings. The Morgan fingerprint density at radius 2 is 1.93 bits per heavy atom. The van der Waals surface area contributed by atoms with Crippen molar-refractivity contribution in [1.82, 2.24) is 9.80 Å². The fourth-order valence-corrected chi connectivity index (χ4v) is 4.51. The van der Waals surface area contributed by atoms with Crippen LogP contribution in [0.2, 0.25) is 5.02 Å². The van der Waals surface area contributed by atoms with E-state index in [2.05, 4.69) is 9.64 Å². The number of hydrogen-bond acceptors (Lipinski definition) is 4. The van der Waals surface area contributed by atoms with Crippen LogP contribution in [0.15, 0.2) is 18.2 Å². The number of carbonyl (C=O) groups excluding carboxylic acids is 1. The molecule has 2 aliphatic rings. The first kappa shape index (κ1) is 23.0. The molecule has 5 nitrogen and oxygen atoms in total. The fraction of sp³-hybridized carbons (Fsp3) is 0.667. The molecule has 9 heteroatoms. The van der Waals surface area contributed by atoms with Gasteiger partial charge in [0, 0.05) is 25.2 Å². The third kappa shape index (κ3) is 5.14. The molecule has 0 aliphatic carbocycles. The predicted octanol–water partition coefficient (Wildman–Crippen LogP) is 5.26. The van der Waals surface area contributed by atoms with Gasteiger partial charge >= 0.3 is 12.3 Å². The van der Waals surface area contributed by atoms with Crippen LogP contribution in [0, 0.1) is 0 Å². The average molecular weight is 449 g/mol. The summed E-state index contributed by atoms with van der Waals surface area (Å²) >= 11 is 6.19. The monoisotopic (exact) mass is 448 g/mol. The maximum atomic E-state index is 12.7. The van der Waals surface area contributed by atoms with Crippen molar-refractivity contribution in [3.8, 4) is 5.75 Å². The van der Waals surface area contributed by atoms with Crippen LogP contribution in [-0.4, -0.2) is 60.0 Å². The number of ether oxygens (including phenoxy) is 2. The maximum Gasteiger partial charge on any atom is 0.425 e. The van der Waals surface area contributed by atoms with Crippen LogP contribution in [-0.2, 0) is 11.3 Å². The lowest BCUT2D eigenvalue weighted by atomic mass is 9.85. The number of piperidine rings is 1. The van der Waals surface area contributed by atoms with Crippen molar-refractivity contribution in [2.45, 2.75) is 63.9 Å². The molecule has 0 saturated carbocycles. The molecule has 1 spiro atoms. The van der Waals surface area contributed by atoms with Gasteiger partial charge < -0.3 is 14.4 Å². The van der Waals surface area contributed by atoms with Crippen molar-refractivity contribution < 1.29 is 27.4 Å². The molecule has 1 aromatic carbocycles. The van der Waals surface area contributed by atoms with E-state index in [9.17, 15) is 18.0 Å². The summed E-state index contributed by atoms with van der Waals surface area (Å²) in [5.74, 6) is 0.668. The molecule has 3 rings (SSSR count). The molecule has 0 aromatic heterocycles. The van der Waals surface area contributed by atoms with Gasteiger partial charge in [-0.05, 0) is 63.8 Å². The number of rotatable bonds is 5. The second-order valence-corrected chi connectivity index (χ2v) is 8.41. The summed E-state index contributed by atoms with van der Waals surface area (Å²) < 4.78 is 48.2. The minimum absolute atomic E-state index is 0.0438. The van der Waals surface area contributed by atoms with Gasteiger partial charge in [-0.1, -0.05) is 17.7 Å². The molecular weight excluding hydrogens is 421 g/mol. The van der Waals surface area contributed by atoms with Crippen molar-refractivity contribution in [2.75, 3.05) is 26.2 Å². The molecule has 1 amide bonds. The highest BCUT2D eigenvalue weighted by Gasteiger charge is 2.45. The van der Waals surface area contributed by atoms with Crippen molar-refractivity contribution in [2.24, 2.45) is 0 Å². The SMILES string of the molecule is CCOc1cc(CN2CCCC23CCN(C(=O)OC(C)C(F)(F)F)CC3)ccc1Cl. The molecule has 0 radical (unpaired) electrons. The van der Waals surface area contributed by atoms with Gasteiger partial charge in [-0.15, -0.1) is 0 Å². The first-order chi connectivity index (χ1) is 14.1. The van der Waals surface area contributed by atoms with Gasteiger partial charge in [0.25, 0.3) is 0 Å². The van der Waals surface area contributed by atoms with E-state index in [1.165, 1.54) is 4.90 Å². The summed E-state index contributed by atoms with van der Waals surface area (Å²) in [6, 6.07) is 5.79. The molecular formula is C21H28ClF3N2O3. The van der Waals surface area contributed by atoms with Crippen molar-refractivity contribution in [1.29, 1.82) is 0 Å². The summed E-state index contributed by atoms with van der Waals surface area (Å²) in [5.41, 5.74) is 1.06. The molecule has 0 N–H and O–H groups in total. The van der Waals surface area contributed by atoms with E-state index in [1.807, 2.05) is 25.1 Å². The van der Waals surface area contributed by atoms with Gasteiger partial charge in [0.2, 0.25) is 0 Å². The molecule has 2 saturated heterocycles. The van der Waals surface area contributed by atoms with Gasteiger partial charge in [-0.25, -0.2) is 4.79 Å². The number of hydrogen-bond donors (Lipinski definition) is 0. The van der Waals surface area contributed by atoms with E-state index in [0.29, 0.717) is 43.3 Å². The van der Waals surface area contributed by atoms with Crippen LogP contribution in [0.3, 0.4) is 0 Å². The molecule has 2 fully saturated rings. The minimum Gasteiger partial charge on any atom is -0.492 e. The Labute approximate surface area is 180 Å². The molecule has 30 heavy (non-hydrogen) atoms. The number of likely N-dealkylation sites (tertiary alicyclic amines) is 2. The predicted molar refractivity (Wildman–Crippen MR) is 108 cm³/mol. The molecule has 2 heterocycles. The van der Waals surface area contributed by atoms with Crippen LogP contribution in [0.5, 0.6) is 5.75 Å². The number of nitrogens with zero attached hydrogens (tertiary/aromatic N) is 2. The quantitative estimate of drug-likeness (QED) is 0.616. The normalized spacial score (nSPS) is 20.4. The van der Waals surface area contributed by atoms with Crippen molar-refractivity contribution in [3.05, 3.63) is 28.8 Å². The lowest BCUT2D eigenvalue weighted by Crippen LogP contribution is -2.53. The topological polar surface area (TPSA) is 42.0 Å². The standard InChI is InChI=1S/C21H28ClF3N2O3/c1-3-29-18-13-16(5-6-17(18)22)14-27-10-4-7-20(27)8-11-26(12-9-20)19(28)30-15(2)21(23,24)25/h5-6,13,15H,3-4,7-12,14H2,1-2H3. The summed E-state index contributed by atoms with van der Waals surface area (Å²) in [6.07, 6.45) is -4.04. The third-order valence-corrected chi connectivity index (χ3v) is 6.41. The highest BCUT2D eigenvalue weighted by atomic mass is 35.5. The van der Waals surface area contributed by atoms with E-state index < -0.39 is 18.4 Å². The van der Waals surface area contributed by atoms with E-state index in [-0.39, 0.29) is 5.54 Å². The smallest absolute Gasteiger partial charge is 0.425 e. The first-order valence-corrected chi connectivity index (χ1v) is 10.7. The third-order valence-electron chi connectivity index (χ3n) is 6.10. The molecule has 2 aliphatic heterocycles. The van der Waals surface area contributed by atoms with Crippen LogP contribution >= 0.6 is 11.6 Å². The lowest BCUT2D eigenvalue weighted by Gasteiger charge is -2.45. The van der Waals surface area contributed by atoms with E-state index in [0.717, 1.165) is 38.4 Å². The Morgan fingerprint density at radius 1 is 1.23 bits per heavy atom. The maximum absolute atomic E-state index is 12.7. The highest BCUT2D eigenvalue weighted by molar-refractivity contribution is 6.32. The highest BCUT2D eigenvalue weighted by Crippen LogP contribution is 2.40. The Balaban J connectivity index is 1.61. The Bertz CT molecular complexity index is 752. The van der Waals surface area contributed by atoms with Crippen LogP contribution < -0.4 is 4.74 Å². The van der Waals surface area contributed by atoms with E-state index in [4.69, 9.17) is 16.3 Å². The van der Waals surface area contributed by atoms with Gasteiger partial charge in [0.15, 0.2) is 6.10 Å². The van der Waals surface area contributed by atoms with Crippen LogP contribution in [0.1, 0.15) is 45.1 Å². The first-order valence-electron chi connectivity index (χ1n) is 10.3. The molecule has 168 valence electrons. The van der Waals surface area contributed by atoms with Crippen molar-refractivity contribution >= 4 is 17.7 Å². The summed E-state index contributed by atoms with van der Waals surface area (Å²) in [4.78, 5) is 15.9. The second-order valence-electron chi connectivity index (χ2n) is 8.00. The molecule has 0 bridgehead atoms. The minimum atomic E-state index is -4.55. The van der Waals surface area contributed by atoms with E-state index in [1.54, 1.807) is 0 Å². The average Bonchev–Trinajstić information content (AvgIpc) is 3.06. The summed E-state index contributed by atoms with van der Waals surface area (Å²) in [5, 5.41) is 0.580. The Hall–Kier alpha value is -1.67. The number of alkyl halides is 3. The van der Waals surface area contributed by atoms with Crippen LogP contribution in [0.25, 0.3) is 0 Å².